The van der Waals surface area contributed by atoms with Crippen LogP contribution in [0.4, 0.5) is 0 Å². The second-order valence-electron chi connectivity index (χ2n) is 3.01. The third-order valence-electron chi connectivity index (χ3n) is 1.89. The van der Waals surface area contributed by atoms with Crippen LogP contribution < -0.4 is 17.2 Å². The molecule has 2 unspecified atom stereocenters. The molecular weight excluding hydrogens is 140 g/mol. The summed E-state index contributed by atoms with van der Waals surface area (Å²) in [6, 6.07) is 0.346. The molecule has 0 rings (SSSR count). The first-order valence-corrected chi connectivity index (χ1v) is 3.95. The molecule has 2 atom stereocenters. The van der Waals surface area contributed by atoms with Gasteiger partial charge in [-0.25, -0.2) is 0 Å². The van der Waals surface area contributed by atoms with E-state index in [0.717, 1.165) is 6.42 Å². The van der Waals surface area contributed by atoms with Gasteiger partial charge in [0.2, 0.25) is 0 Å². The van der Waals surface area contributed by atoms with Crippen LogP contribution in [0, 0.1) is 0 Å². The van der Waals surface area contributed by atoms with E-state index < -0.39 is 0 Å². The third-order valence-corrected chi connectivity index (χ3v) is 1.89. The zero-order valence-corrected chi connectivity index (χ0v) is 7.46. The first-order valence-electron chi connectivity index (χ1n) is 3.95. The van der Waals surface area contributed by atoms with Gasteiger partial charge in [-0.15, -0.1) is 0 Å². The van der Waals surface area contributed by atoms with Crippen molar-refractivity contribution >= 4 is 0 Å². The van der Waals surface area contributed by atoms with Crippen molar-refractivity contribution in [1.82, 2.24) is 4.90 Å². The van der Waals surface area contributed by atoms with Crippen molar-refractivity contribution in [2.75, 3.05) is 27.2 Å². The van der Waals surface area contributed by atoms with E-state index in [4.69, 9.17) is 17.2 Å². The summed E-state index contributed by atoms with van der Waals surface area (Å²) >= 11 is 0. The fourth-order valence-electron chi connectivity index (χ4n) is 1.18. The van der Waals surface area contributed by atoms with Gasteiger partial charge in [-0.3, -0.25) is 0 Å². The maximum atomic E-state index is 5.78. The summed E-state index contributed by atoms with van der Waals surface area (Å²) in [5.41, 5.74) is 16.7. The number of likely N-dealkylation sites (N-methyl/N-ethyl adjacent to an activating group) is 1. The summed E-state index contributed by atoms with van der Waals surface area (Å²) < 4.78 is 0. The Balaban J connectivity index is 3.87. The van der Waals surface area contributed by atoms with Crippen molar-refractivity contribution in [2.45, 2.75) is 18.5 Å². The zero-order chi connectivity index (χ0) is 8.85. The van der Waals surface area contributed by atoms with Crippen LogP contribution in [0.1, 0.15) is 6.42 Å². The van der Waals surface area contributed by atoms with E-state index in [0.29, 0.717) is 19.1 Å². The standard InChI is InChI=1S/C7H20N4/c1-11(2)7(3-4-8)6(10)5-9/h6-7H,3-5,8-10H2,1-2H3. The molecule has 0 heterocycles. The van der Waals surface area contributed by atoms with Gasteiger partial charge in [0.25, 0.3) is 0 Å². The zero-order valence-electron chi connectivity index (χ0n) is 7.46. The molecule has 0 saturated carbocycles. The molecule has 0 bridgehead atoms. The molecule has 0 saturated heterocycles. The van der Waals surface area contributed by atoms with Gasteiger partial charge in [-0.05, 0) is 27.1 Å². The van der Waals surface area contributed by atoms with E-state index in [9.17, 15) is 0 Å². The number of nitrogens with zero attached hydrogens (tertiary/aromatic N) is 1. The average Bonchev–Trinajstić information content (AvgIpc) is 1.98. The second-order valence-corrected chi connectivity index (χ2v) is 3.01. The molecule has 0 aromatic heterocycles. The van der Waals surface area contributed by atoms with Gasteiger partial charge in [0.15, 0.2) is 0 Å². The van der Waals surface area contributed by atoms with Gasteiger partial charge in [-0.2, -0.15) is 0 Å². The van der Waals surface area contributed by atoms with Crippen LogP contribution >= 0.6 is 0 Å². The molecular formula is C7H20N4. The largest absolute Gasteiger partial charge is 0.330 e. The summed E-state index contributed by atoms with van der Waals surface area (Å²) in [7, 11) is 3.99. The van der Waals surface area contributed by atoms with E-state index in [2.05, 4.69) is 4.90 Å². The van der Waals surface area contributed by atoms with Crippen LogP contribution in [0.2, 0.25) is 0 Å². The lowest BCUT2D eigenvalue weighted by molar-refractivity contribution is 0.244. The maximum absolute atomic E-state index is 5.78. The molecule has 68 valence electrons. The van der Waals surface area contributed by atoms with Crippen LogP contribution in [-0.4, -0.2) is 44.2 Å². The number of hydrogen-bond acceptors (Lipinski definition) is 4. The van der Waals surface area contributed by atoms with Crippen LogP contribution in [0.25, 0.3) is 0 Å². The fourth-order valence-corrected chi connectivity index (χ4v) is 1.18. The monoisotopic (exact) mass is 160 g/mol. The number of hydrogen-bond donors (Lipinski definition) is 3. The predicted octanol–water partition coefficient (Wildman–Crippen LogP) is -1.45. The summed E-state index contributed by atoms with van der Waals surface area (Å²) in [5, 5.41) is 0. The van der Waals surface area contributed by atoms with Gasteiger partial charge in [-0.1, -0.05) is 0 Å². The fraction of sp³-hybridized carbons (Fsp3) is 1.00. The van der Waals surface area contributed by atoms with Gasteiger partial charge in [0.05, 0.1) is 0 Å². The van der Waals surface area contributed by atoms with Gasteiger partial charge in [0, 0.05) is 18.6 Å². The van der Waals surface area contributed by atoms with Crippen LogP contribution in [0.5, 0.6) is 0 Å². The van der Waals surface area contributed by atoms with E-state index in [1.165, 1.54) is 0 Å². The first kappa shape index (κ1) is 10.8. The molecule has 0 fully saturated rings. The molecule has 6 N–H and O–H groups in total. The van der Waals surface area contributed by atoms with E-state index in [-0.39, 0.29) is 6.04 Å². The Bertz CT molecular complexity index is 94.4. The Kier molecular flexibility index (Phi) is 5.41. The SMILES string of the molecule is CN(C)C(CCN)C(N)CN. The molecule has 0 aliphatic carbocycles. The van der Waals surface area contributed by atoms with E-state index >= 15 is 0 Å². The van der Waals surface area contributed by atoms with Crippen molar-refractivity contribution < 1.29 is 0 Å². The lowest BCUT2D eigenvalue weighted by Crippen LogP contribution is -2.49. The summed E-state index contributed by atoms with van der Waals surface area (Å²) in [6.07, 6.45) is 0.908. The smallest absolute Gasteiger partial charge is 0.0321 e. The highest BCUT2D eigenvalue weighted by atomic mass is 15.1. The quantitative estimate of drug-likeness (QED) is 0.460. The van der Waals surface area contributed by atoms with E-state index in [1.807, 2.05) is 14.1 Å². The van der Waals surface area contributed by atoms with E-state index in [1.54, 1.807) is 0 Å². The molecule has 4 nitrogen and oxygen atoms in total. The molecule has 0 spiro atoms. The Morgan fingerprint density at radius 2 is 1.82 bits per heavy atom. The van der Waals surface area contributed by atoms with Crippen LogP contribution in [-0.2, 0) is 0 Å². The van der Waals surface area contributed by atoms with Crippen molar-refractivity contribution in [3.8, 4) is 0 Å². The van der Waals surface area contributed by atoms with Crippen molar-refractivity contribution in [3.05, 3.63) is 0 Å². The molecule has 0 aliphatic heterocycles. The van der Waals surface area contributed by atoms with Crippen LogP contribution in [0.15, 0.2) is 0 Å². The molecule has 0 amide bonds. The average molecular weight is 160 g/mol. The minimum Gasteiger partial charge on any atom is -0.330 e. The summed E-state index contributed by atoms with van der Waals surface area (Å²) in [6.45, 7) is 1.18. The van der Waals surface area contributed by atoms with Crippen molar-refractivity contribution in [1.29, 1.82) is 0 Å². The van der Waals surface area contributed by atoms with Crippen molar-refractivity contribution in [3.63, 3.8) is 0 Å². The Labute approximate surface area is 68.7 Å². The minimum atomic E-state index is 0.0357. The topological polar surface area (TPSA) is 81.3 Å². The summed E-state index contributed by atoms with van der Waals surface area (Å²) in [4.78, 5) is 2.07. The first-order chi connectivity index (χ1) is 5.13. The normalized spacial score (nSPS) is 16.9. The minimum absolute atomic E-state index is 0.0357. The molecule has 0 aromatic rings. The third kappa shape index (κ3) is 3.67. The number of rotatable bonds is 5. The molecule has 0 aromatic carbocycles. The highest BCUT2D eigenvalue weighted by Gasteiger charge is 2.16. The Morgan fingerprint density at radius 1 is 1.27 bits per heavy atom. The molecule has 0 radical (unpaired) electrons. The highest BCUT2D eigenvalue weighted by Crippen LogP contribution is 2.01. The Morgan fingerprint density at radius 3 is 2.09 bits per heavy atom. The highest BCUT2D eigenvalue weighted by molar-refractivity contribution is 4.79. The lowest BCUT2D eigenvalue weighted by atomic mass is 10.1. The molecule has 4 heteroatoms. The van der Waals surface area contributed by atoms with Gasteiger partial charge < -0.3 is 22.1 Å². The molecule has 11 heavy (non-hydrogen) atoms. The lowest BCUT2D eigenvalue weighted by Gasteiger charge is -2.28. The second kappa shape index (κ2) is 5.49. The van der Waals surface area contributed by atoms with Gasteiger partial charge in [0.1, 0.15) is 0 Å². The Hall–Kier alpha value is -0.160. The van der Waals surface area contributed by atoms with Crippen LogP contribution in [0.3, 0.4) is 0 Å². The summed E-state index contributed by atoms with van der Waals surface area (Å²) in [5.74, 6) is 0. The van der Waals surface area contributed by atoms with Gasteiger partial charge >= 0.3 is 0 Å². The predicted molar refractivity (Wildman–Crippen MR) is 48.2 cm³/mol. The van der Waals surface area contributed by atoms with Crippen molar-refractivity contribution in [2.24, 2.45) is 17.2 Å². The maximum Gasteiger partial charge on any atom is 0.0321 e. The molecule has 0 aliphatic rings. The number of nitrogens with two attached hydrogens (primary N) is 3.